The van der Waals surface area contributed by atoms with Crippen LogP contribution in [0.2, 0.25) is 0 Å². The third-order valence-electron chi connectivity index (χ3n) is 2.74. The Morgan fingerprint density at radius 2 is 1.81 bits per heavy atom. The predicted molar refractivity (Wildman–Crippen MR) is 84.5 cm³/mol. The zero-order chi connectivity index (χ0) is 15.5. The Labute approximate surface area is 136 Å². The van der Waals surface area contributed by atoms with Crippen molar-refractivity contribution in [2.45, 2.75) is 11.5 Å². The molecule has 0 unspecified atom stereocenters. The van der Waals surface area contributed by atoms with Crippen molar-refractivity contribution in [1.82, 2.24) is 0 Å². The van der Waals surface area contributed by atoms with E-state index in [0.717, 1.165) is 15.8 Å². The van der Waals surface area contributed by atoms with Gasteiger partial charge in [-0.3, -0.25) is 0 Å². The molecule has 0 aliphatic carbocycles. The van der Waals surface area contributed by atoms with Gasteiger partial charge in [0.15, 0.2) is 0 Å². The van der Waals surface area contributed by atoms with E-state index in [1.807, 2.05) is 18.2 Å². The Morgan fingerprint density at radius 3 is 2.38 bits per heavy atom. The van der Waals surface area contributed by atoms with Gasteiger partial charge in [-0.1, -0.05) is 15.9 Å². The first-order valence-electron chi connectivity index (χ1n) is 5.90. The average molecular weight is 392 g/mol. The minimum Gasteiger partial charge on any atom is -0.496 e. The third kappa shape index (κ3) is 4.36. The second-order valence-corrected chi connectivity index (χ2v) is 7.64. The van der Waals surface area contributed by atoms with Gasteiger partial charge in [-0.2, -0.15) is 0 Å². The molecule has 0 radical (unpaired) electrons. The second kappa shape index (κ2) is 6.68. The lowest BCUT2D eigenvalue weighted by molar-refractivity contribution is 0.296. The number of rotatable bonds is 5. The lowest BCUT2D eigenvalue weighted by Gasteiger charge is -2.11. The quantitative estimate of drug-likeness (QED) is 0.724. The molecule has 0 aliphatic rings. The van der Waals surface area contributed by atoms with Crippen molar-refractivity contribution in [3.05, 3.63) is 52.5 Å². The van der Waals surface area contributed by atoms with Gasteiger partial charge in [0.2, 0.25) is 0 Å². The van der Waals surface area contributed by atoms with Crippen molar-refractivity contribution in [2.24, 2.45) is 0 Å². The molecule has 0 amide bonds. The summed E-state index contributed by atoms with van der Waals surface area (Å²) in [5.74, 6) is 1.26. The summed E-state index contributed by atoms with van der Waals surface area (Å²) in [5.41, 5.74) is 0.876. The Kier molecular flexibility index (Phi) is 5.13. The highest BCUT2D eigenvalue weighted by molar-refractivity contribution is 9.10. The first-order valence-corrected chi connectivity index (χ1v) is 9.00. The van der Waals surface area contributed by atoms with Gasteiger partial charge >= 0.3 is 0 Å². The van der Waals surface area contributed by atoms with Crippen LogP contribution in [0, 0.1) is 0 Å². The zero-order valence-corrected chi connectivity index (χ0v) is 14.2. The van der Waals surface area contributed by atoms with Crippen LogP contribution in [0.1, 0.15) is 5.56 Å². The molecule has 0 saturated heterocycles. The van der Waals surface area contributed by atoms with Gasteiger partial charge in [0.05, 0.1) is 12.0 Å². The maximum absolute atomic E-state index is 11.1. The van der Waals surface area contributed by atoms with Gasteiger partial charge in [0.1, 0.15) is 18.1 Å². The van der Waals surface area contributed by atoms with Crippen LogP contribution in [0.25, 0.3) is 0 Å². The van der Waals surface area contributed by atoms with Crippen molar-refractivity contribution >= 4 is 35.7 Å². The van der Waals surface area contributed by atoms with E-state index in [-0.39, 0.29) is 4.90 Å². The second-order valence-electron chi connectivity index (χ2n) is 4.15. The van der Waals surface area contributed by atoms with E-state index in [4.69, 9.17) is 20.2 Å². The summed E-state index contributed by atoms with van der Waals surface area (Å²) >= 11 is 3.39. The van der Waals surface area contributed by atoms with Gasteiger partial charge < -0.3 is 9.47 Å². The molecule has 4 nitrogen and oxygen atoms in total. The lowest BCUT2D eigenvalue weighted by atomic mass is 10.2. The molecule has 0 N–H and O–H groups in total. The van der Waals surface area contributed by atoms with E-state index in [0.29, 0.717) is 12.4 Å². The van der Waals surface area contributed by atoms with Crippen molar-refractivity contribution in [1.29, 1.82) is 0 Å². The fourth-order valence-electron chi connectivity index (χ4n) is 1.72. The van der Waals surface area contributed by atoms with Gasteiger partial charge in [0, 0.05) is 20.7 Å². The van der Waals surface area contributed by atoms with Crippen LogP contribution in [0.4, 0.5) is 0 Å². The summed E-state index contributed by atoms with van der Waals surface area (Å²) in [6, 6.07) is 11.5. The zero-order valence-electron chi connectivity index (χ0n) is 11.0. The number of hydrogen-bond donors (Lipinski definition) is 0. The average Bonchev–Trinajstić information content (AvgIpc) is 2.45. The SMILES string of the molecule is COc1ccc(Br)cc1COc1ccc(S(=O)(=O)Cl)cc1. The van der Waals surface area contributed by atoms with Crippen LogP contribution in [0.3, 0.4) is 0 Å². The molecule has 21 heavy (non-hydrogen) atoms. The van der Waals surface area contributed by atoms with Crippen molar-refractivity contribution in [2.75, 3.05) is 7.11 Å². The van der Waals surface area contributed by atoms with E-state index in [1.54, 1.807) is 19.2 Å². The summed E-state index contributed by atoms with van der Waals surface area (Å²) < 4.78 is 34.1. The Balaban J connectivity index is 2.12. The molecule has 2 rings (SSSR count). The summed E-state index contributed by atoms with van der Waals surface area (Å²) in [6.07, 6.45) is 0. The smallest absolute Gasteiger partial charge is 0.261 e. The molecule has 7 heteroatoms. The van der Waals surface area contributed by atoms with Gasteiger partial charge in [-0.15, -0.1) is 0 Å². The summed E-state index contributed by atoms with van der Waals surface area (Å²) in [7, 11) is 3.13. The molecule has 112 valence electrons. The summed E-state index contributed by atoms with van der Waals surface area (Å²) in [4.78, 5) is 0.0385. The van der Waals surface area contributed by atoms with Crippen molar-refractivity contribution in [3.63, 3.8) is 0 Å². The van der Waals surface area contributed by atoms with E-state index in [1.165, 1.54) is 12.1 Å². The van der Waals surface area contributed by atoms with Crippen LogP contribution in [0.15, 0.2) is 51.8 Å². The van der Waals surface area contributed by atoms with Crippen LogP contribution < -0.4 is 9.47 Å². The van der Waals surface area contributed by atoms with Crippen molar-refractivity contribution < 1.29 is 17.9 Å². The molecule has 2 aromatic carbocycles. The van der Waals surface area contributed by atoms with Crippen LogP contribution in [-0.2, 0) is 15.7 Å². The first kappa shape index (κ1) is 16.1. The summed E-state index contributed by atoms with van der Waals surface area (Å²) in [6.45, 7) is 0.301. The molecule has 0 atom stereocenters. The maximum atomic E-state index is 11.1. The van der Waals surface area contributed by atoms with Crippen molar-refractivity contribution in [3.8, 4) is 11.5 Å². The maximum Gasteiger partial charge on any atom is 0.261 e. The molecule has 0 bridgehead atoms. The predicted octanol–water partition coefficient (Wildman–Crippen LogP) is 3.96. The first-order chi connectivity index (χ1) is 9.90. The molecule has 2 aromatic rings. The molecular weight excluding hydrogens is 380 g/mol. The topological polar surface area (TPSA) is 52.6 Å². The highest BCUT2D eigenvalue weighted by Crippen LogP contribution is 2.25. The van der Waals surface area contributed by atoms with Crippen LogP contribution >= 0.6 is 26.6 Å². The Hall–Kier alpha value is -1.24. The van der Waals surface area contributed by atoms with Gasteiger partial charge in [-0.05, 0) is 42.5 Å². The Bertz CT molecular complexity index is 729. The molecule has 0 heterocycles. The monoisotopic (exact) mass is 390 g/mol. The largest absolute Gasteiger partial charge is 0.496 e. The highest BCUT2D eigenvalue weighted by Gasteiger charge is 2.10. The molecule has 0 fully saturated rings. The normalized spacial score (nSPS) is 11.2. The molecule has 0 saturated carbocycles. The van der Waals surface area contributed by atoms with E-state index in [9.17, 15) is 8.42 Å². The van der Waals surface area contributed by atoms with Crippen LogP contribution in [-0.4, -0.2) is 15.5 Å². The number of halogens is 2. The minimum absolute atomic E-state index is 0.0385. The van der Waals surface area contributed by atoms with Gasteiger partial charge in [0.25, 0.3) is 9.05 Å². The molecular formula is C14H12BrClO4S. The Morgan fingerprint density at radius 1 is 1.14 bits per heavy atom. The number of benzene rings is 2. The fraction of sp³-hybridized carbons (Fsp3) is 0.143. The van der Waals surface area contributed by atoms with Gasteiger partial charge in [-0.25, -0.2) is 8.42 Å². The van der Waals surface area contributed by atoms with E-state index in [2.05, 4.69) is 15.9 Å². The number of ether oxygens (including phenoxy) is 2. The number of methoxy groups -OCH3 is 1. The summed E-state index contributed by atoms with van der Waals surface area (Å²) in [5, 5.41) is 0. The lowest BCUT2D eigenvalue weighted by Crippen LogP contribution is -1.99. The standard InChI is InChI=1S/C14H12BrClO4S/c1-19-14-7-2-11(15)8-10(14)9-20-12-3-5-13(6-4-12)21(16,17)18/h2-8H,9H2,1H3. The molecule has 0 aliphatic heterocycles. The van der Waals surface area contributed by atoms with Crippen LogP contribution in [0.5, 0.6) is 11.5 Å². The van der Waals surface area contributed by atoms with E-state index < -0.39 is 9.05 Å². The number of hydrogen-bond acceptors (Lipinski definition) is 4. The van der Waals surface area contributed by atoms with E-state index >= 15 is 0 Å². The highest BCUT2D eigenvalue weighted by atomic mass is 79.9. The minimum atomic E-state index is -3.71. The third-order valence-corrected chi connectivity index (χ3v) is 4.61. The molecule has 0 aromatic heterocycles. The fourth-order valence-corrected chi connectivity index (χ4v) is 2.90. The molecule has 0 spiro atoms.